The van der Waals surface area contributed by atoms with Crippen molar-refractivity contribution in [3.8, 4) is 0 Å². The smallest absolute Gasteiger partial charge is 0.391 e. The maximum absolute atomic E-state index is 14.0. The summed E-state index contributed by atoms with van der Waals surface area (Å²) >= 11 is 0. The van der Waals surface area contributed by atoms with Crippen LogP contribution in [0.25, 0.3) is 0 Å². The van der Waals surface area contributed by atoms with Crippen LogP contribution in [0.1, 0.15) is 84.8 Å². The first kappa shape index (κ1) is 49.5. The molecule has 20 heteroatoms. The van der Waals surface area contributed by atoms with Gasteiger partial charge in [-0.2, -0.15) is 13.2 Å². The van der Waals surface area contributed by atoms with E-state index in [-0.39, 0.29) is 25.0 Å². The van der Waals surface area contributed by atoms with Crippen LogP contribution >= 0.6 is 0 Å². The highest BCUT2D eigenvalue weighted by Crippen LogP contribution is 2.22. The molecule has 0 fully saturated rings. The quantitative estimate of drug-likeness (QED) is 0.0767. The van der Waals surface area contributed by atoms with Gasteiger partial charge in [0, 0.05) is 12.8 Å². The molecule has 0 spiro atoms. The summed E-state index contributed by atoms with van der Waals surface area (Å²) in [4.78, 5) is 113. The van der Waals surface area contributed by atoms with Crippen LogP contribution < -0.4 is 31.9 Å². The molecule has 318 valence electrons. The van der Waals surface area contributed by atoms with Crippen LogP contribution in [0.15, 0.2) is 24.3 Å². The van der Waals surface area contributed by atoms with E-state index in [4.69, 9.17) is 5.11 Å². The Bertz CT molecular complexity index is 1630. The molecule has 6 atom stereocenters. The molecule has 0 bridgehead atoms. The van der Waals surface area contributed by atoms with Gasteiger partial charge >= 0.3 is 18.1 Å². The normalized spacial score (nSPS) is 14.7. The lowest BCUT2D eigenvalue weighted by atomic mass is 9.85. The van der Waals surface area contributed by atoms with E-state index in [0.717, 1.165) is 5.56 Å². The average molecular weight is 815 g/mol. The third-order valence-electron chi connectivity index (χ3n) is 8.36. The topological polar surface area (TPSA) is 266 Å². The van der Waals surface area contributed by atoms with Crippen LogP contribution in [0.5, 0.6) is 0 Å². The van der Waals surface area contributed by atoms with Crippen LogP contribution in [-0.4, -0.2) is 106 Å². The molecule has 0 saturated heterocycles. The summed E-state index contributed by atoms with van der Waals surface area (Å²) < 4.78 is 38.9. The van der Waals surface area contributed by atoms with Crippen molar-refractivity contribution in [3.63, 3.8) is 0 Å². The van der Waals surface area contributed by atoms with Gasteiger partial charge in [0.2, 0.25) is 35.4 Å². The highest BCUT2D eigenvalue weighted by Gasteiger charge is 2.39. The molecule has 6 amide bonds. The van der Waals surface area contributed by atoms with Gasteiger partial charge in [-0.3, -0.25) is 38.4 Å². The fourth-order valence-corrected chi connectivity index (χ4v) is 5.36. The molecule has 1 rings (SSSR count). The largest absolute Gasteiger partial charge is 0.481 e. The SMILES string of the molecule is Cc1ccccc1C[C@H](NC(=O)[C@@H](C)NC(=O)[C@H](CC(=O)O)NC(=O)CCC(=O)O)C(=O)N[C@H](C(=O)N[C@@H](CC(C)C)C(=O)NC(C=O)CC(F)(F)F)C(C)(C)C. The number of halogens is 3. The van der Waals surface area contributed by atoms with E-state index >= 15 is 0 Å². The molecule has 0 heterocycles. The number of carbonyl (C=O) groups is 9. The van der Waals surface area contributed by atoms with E-state index in [2.05, 4.69) is 26.6 Å². The van der Waals surface area contributed by atoms with Crippen molar-refractivity contribution >= 4 is 53.7 Å². The monoisotopic (exact) mass is 814 g/mol. The van der Waals surface area contributed by atoms with Crippen molar-refractivity contribution in [2.45, 2.75) is 129 Å². The van der Waals surface area contributed by atoms with Gasteiger partial charge in [-0.05, 0) is 42.7 Å². The minimum absolute atomic E-state index is 0.0467. The number of aliphatic carboxylic acids is 2. The Labute approximate surface area is 328 Å². The summed E-state index contributed by atoms with van der Waals surface area (Å²) in [5.74, 6) is -8.83. The lowest BCUT2D eigenvalue weighted by Crippen LogP contribution is -2.62. The predicted molar refractivity (Wildman–Crippen MR) is 197 cm³/mol. The maximum atomic E-state index is 14.0. The first-order chi connectivity index (χ1) is 26.2. The molecular formula is C37H53F3N6O11. The Morgan fingerprint density at radius 1 is 0.702 bits per heavy atom. The minimum Gasteiger partial charge on any atom is -0.481 e. The summed E-state index contributed by atoms with van der Waals surface area (Å²) in [6.45, 7) is 11.1. The van der Waals surface area contributed by atoms with Crippen molar-refractivity contribution in [3.05, 3.63) is 35.4 Å². The van der Waals surface area contributed by atoms with Crippen LogP contribution in [0, 0.1) is 18.3 Å². The minimum atomic E-state index is -4.77. The van der Waals surface area contributed by atoms with Crippen LogP contribution in [-0.2, 0) is 49.6 Å². The van der Waals surface area contributed by atoms with Gasteiger partial charge in [-0.1, -0.05) is 58.9 Å². The fourth-order valence-electron chi connectivity index (χ4n) is 5.36. The Kier molecular flexibility index (Phi) is 19.3. The lowest BCUT2D eigenvalue weighted by Gasteiger charge is -2.33. The third kappa shape index (κ3) is 18.8. The van der Waals surface area contributed by atoms with Crippen molar-refractivity contribution in [2.24, 2.45) is 11.3 Å². The van der Waals surface area contributed by atoms with Crippen molar-refractivity contribution in [1.82, 2.24) is 31.9 Å². The third-order valence-corrected chi connectivity index (χ3v) is 8.36. The number of hydrogen-bond acceptors (Lipinski definition) is 9. The van der Waals surface area contributed by atoms with Crippen LogP contribution in [0.3, 0.4) is 0 Å². The molecule has 0 aliphatic rings. The number of alkyl halides is 3. The van der Waals surface area contributed by atoms with Gasteiger partial charge in [-0.15, -0.1) is 0 Å². The summed E-state index contributed by atoms with van der Waals surface area (Å²) in [6.07, 6.45) is -8.68. The fraction of sp³-hybridized carbons (Fsp3) is 0.595. The standard InChI is InChI=1S/C37H53F3N6O11/c1-19(2)14-24(33(55)42-23(18-47)17-37(38,39)40)45-35(57)30(36(5,6)7)46-34(56)25(15-22-11-9-8-10-20(22)3)44-31(53)21(4)41-32(54)26(16-29(51)52)43-27(48)12-13-28(49)50/h8-11,18-19,21,23-26,30H,12-17H2,1-7H3,(H,41,54)(H,42,55)(H,43,48)(H,44,53)(H,45,57)(H,46,56)(H,49,50)(H,51,52)/t21-,23?,24+,25+,26+,30-/m1/s1. The molecule has 0 aliphatic heterocycles. The van der Waals surface area contributed by atoms with E-state index < -0.39 is 121 Å². The Morgan fingerprint density at radius 3 is 1.77 bits per heavy atom. The molecular weight excluding hydrogens is 761 g/mol. The van der Waals surface area contributed by atoms with Crippen LogP contribution in [0.4, 0.5) is 13.2 Å². The van der Waals surface area contributed by atoms with Gasteiger partial charge < -0.3 is 46.9 Å². The van der Waals surface area contributed by atoms with E-state index in [1.54, 1.807) is 65.8 Å². The first-order valence-corrected chi connectivity index (χ1v) is 18.0. The van der Waals surface area contributed by atoms with E-state index in [1.165, 1.54) is 6.92 Å². The maximum Gasteiger partial charge on any atom is 0.391 e. The van der Waals surface area contributed by atoms with E-state index in [1.807, 2.05) is 5.32 Å². The van der Waals surface area contributed by atoms with Crippen LogP contribution in [0.2, 0.25) is 0 Å². The highest BCUT2D eigenvalue weighted by atomic mass is 19.4. The zero-order valence-corrected chi connectivity index (χ0v) is 32.9. The number of carbonyl (C=O) groups excluding carboxylic acids is 7. The van der Waals surface area contributed by atoms with Crippen molar-refractivity contribution in [2.75, 3.05) is 0 Å². The first-order valence-electron chi connectivity index (χ1n) is 18.0. The Hall–Kier alpha value is -5.56. The molecule has 0 aromatic heterocycles. The summed E-state index contributed by atoms with van der Waals surface area (Å²) in [6, 6.07) is -2.39. The second kappa shape index (κ2) is 22.2. The number of rotatable bonds is 22. The van der Waals surface area contributed by atoms with Gasteiger partial charge in [0.1, 0.15) is 36.5 Å². The second-order valence-corrected chi connectivity index (χ2v) is 15.1. The molecule has 0 aliphatic carbocycles. The summed E-state index contributed by atoms with van der Waals surface area (Å²) in [7, 11) is 0. The summed E-state index contributed by atoms with van der Waals surface area (Å²) in [5, 5.41) is 32.1. The molecule has 0 saturated carbocycles. The molecule has 1 unspecified atom stereocenters. The van der Waals surface area contributed by atoms with Crippen molar-refractivity contribution in [1.29, 1.82) is 0 Å². The number of nitrogens with one attached hydrogen (secondary N) is 6. The van der Waals surface area contributed by atoms with Gasteiger partial charge in [0.05, 0.1) is 25.3 Å². The van der Waals surface area contributed by atoms with Crippen molar-refractivity contribution < 1.29 is 66.5 Å². The number of carboxylic acid groups (broad SMARTS) is 2. The highest BCUT2D eigenvalue weighted by molar-refractivity contribution is 5.97. The Morgan fingerprint density at radius 2 is 1.26 bits per heavy atom. The summed E-state index contributed by atoms with van der Waals surface area (Å²) in [5.41, 5.74) is 0.273. The molecule has 1 aromatic carbocycles. The number of carboxylic acids is 2. The Balaban J connectivity index is 3.36. The van der Waals surface area contributed by atoms with Gasteiger partial charge in [0.25, 0.3) is 0 Å². The zero-order chi connectivity index (χ0) is 43.8. The molecule has 8 N–H and O–H groups in total. The number of aldehydes is 1. The van der Waals surface area contributed by atoms with E-state index in [9.17, 15) is 61.4 Å². The number of hydrogen-bond donors (Lipinski definition) is 8. The molecule has 57 heavy (non-hydrogen) atoms. The number of amides is 6. The van der Waals surface area contributed by atoms with Gasteiger partial charge in [-0.25, -0.2) is 0 Å². The predicted octanol–water partition coefficient (Wildman–Crippen LogP) is 1.05. The molecule has 0 radical (unpaired) electrons. The number of benzene rings is 1. The van der Waals surface area contributed by atoms with Gasteiger partial charge in [0.15, 0.2) is 0 Å². The molecule has 1 aromatic rings. The average Bonchev–Trinajstić information content (AvgIpc) is 3.07. The molecule has 17 nitrogen and oxygen atoms in total. The lowest BCUT2D eigenvalue weighted by molar-refractivity contribution is -0.147. The van der Waals surface area contributed by atoms with E-state index in [0.29, 0.717) is 5.56 Å². The second-order valence-electron chi connectivity index (χ2n) is 15.1. The number of aryl methyl sites for hydroxylation is 1. The zero-order valence-electron chi connectivity index (χ0n) is 32.9.